The summed E-state index contributed by atoms with van der Waals surface area (Å²) in [6, 6.07) is 9.34. The zero-order valence-corrected chi connectivity index (χ0v) is 12.7. The summed E-state index contributed by atoms with van der Waals surface area (Å²) in [5, 5.41) is 22.8. The molecule has 112 valence electrons. The first-order valence-electron chi connectivity index (χ1n) is 7.16. The van der Waals surface area contributed by atoms with Gasteiger partial charge in [0.1, 0.15) is 0 Å². The second-order valence-corrected chi connectivity index (χ2v) is 7.03. The summed E-state index contributed by atoms with van der Waals surface area (Å²) in [6.07, 6.45) is 0.270. The van der Waals surface area contributed by atoms with Crippen LogP contribution in [0.25, 0.3) is 0 Å². The van der Waals surface area contributed by atoms with Crippen molar-refractivity contribution < 1.29 is 14.9 Å². The first-order valence-corrected chi connectivity index (χ1v) is 7.16. The zero-order valence-electron chi connectivity index (χ0n) is 12.7. The summed E-state index contributed by atoms with van der Waals surface area (Å²) in [6.45, 7) is 7.84. The number of benzene rings is 1. The number of nitrogens with one attached hydrogen (secondary N) is 1. The minimum absolute atomic E-state index is 0.104. The van der Waals surface area contributed by atoms with E-state index in [-0.39, 0.29) is 11.2 Å². The molecular formula is C16H25NO3. The molecule has 2 N–H and O–H groups in total. The van der Waals surface area contributed by atoms with Crippen molar-refractivity contribution in [2.45, 2.75) is 64.0 Å². The molecule has 0 aromatic heterocycles. The van der Waals surface area contributed by atoms with Gasteiger partial charge in [0, 0.05) is 18.4 Å². The highest BCUT2D eigenvalue weighted by Crippen LogP contribution is 2.29. The molecule has 20 heavy (non-hydrogen) atoms. The van der Waals surface area contributed by atoms with Gasteiger partial charge < -0.3 is 20.1 Å². The van der Waals surface area contributed by atoms with Crippen LogP contribution in [0.3, 0.4) is 0 Å². The van der Waals surface area contributed by atoms with Crippen LogP contribution in [0.2, 0.25) is 0 Å². The molecule has 1 fully saturated rings. The van der Waals surface area contributed by atoms with Crippen LogP contribution in [0.5, 0.6) is 0 Å². The minimum atomic E-state index is -0.930. The van der Waals surface area contributed by atoms with E-state index in [9.17, 15) is 10.3 Å². The Kier molecular flexibility index (Phi) is 4.21. The summed E-state index contributed by atoms with van der Waals surface area (Å²) in [5.74, 6) is 0. The summed E-state index contributed by atoms with van der Waals surface area (Å²) in [5.41, 5.74) is -0.0499. The maximum atomic E-state index is 12.4. The van der Waals surface area contributed by atoms with Crippen LogP contribution in [0.15, 0.2) is 30.3 Å². The lowest BCUT2D eigenvalue weighted by Gasteiger charge is -2.54. The van der Waals surface area contributed by atoms with E-state index in [1.807, 2.05) is 58.0 Å². The van der Waals surface area contributed by atoms with Crippen molar-refractivity contribution in [2.24, 2.45) is 0 Å². The Hall–Kier alpha value is -0.940. The van der Waals surface area contributed by atoms with Gasteiger partial charge in [-0.1, -0.05) is 30.3 Å². The van der Waals surface area contributed by atoms with Crippen LogP contribution in [0.4, 0.5) is 0 Å². The second-order valence-electron chi connectivity index (χ2n) is 7.03. The molecule has 0 saturated carbocycles. The van der Waals surface area contributed by atoms with Crippen molar-refractivity contribution in [3.8, 4) is 0 Å². The number of hydroxylamine groups is 2. The highest BCUT2D eigenvalue weighted by molar-refractivity contribution is 5.15. The largest absolute Gasteiger partial charge is 0.634 e. The Morgan fingerprint density at radius 3 is 2.15 bits per heavy atom. The lowest BCUT2D eigenvalue weighted by molar-refractivity contribution is -0.956. The number of aliphatic hydroxyl groups is 1. The molecule has 0 radical (unpaired) electrons. The van der Waals surface area contributed by atoms with Gasteiger partial charge in [-0.15, -0.1) is 0 Å². The molecule has 0 amide bonds. The van der Waals surface area contributed by atoms with E-state index >= 15 is 0 Å². The molecule has 1 aliphatic rings. The fourth-order valence-corrected chi connectivity index (χ4v) is 3.29. The summed E-state index contributed by atoms with van der Waals surface area (Å²) < 4.78 is 5.80. The lowest BCUT2D eigenvalue weighted by atomic mass is 9.80. The normalized spacial score (nSPS) is 29.9. The smallest absolute Gasteiger partial charge is 0.181 e. The quantitative estimate of drug-likeness (QED) is 0.655. The predicted molar refractivity (Wildman–Crippen MR) is 78.0 cm³/mol. The topological polar surface area (TPSA) is 57.0 Å². The lowest BCUT2D eigenvalue weighted by Crippen LogP contribution is -3.23. The number of piperidine rings is 1. The standard InChI is InChI=1S/C16H25NO3/c1-15(2)10-13(11-16(3,4)17(15)19)20-14(18)12-8-6-5-7-9-12/h5-9,13-14,17-18H,10-11H2,1-4H3. The average Bonchev–Trinajstić information content (AvgIpc) is 2.36. The maximum Gasteiger partial charge on any atom is 0.181 e. The number of rotatable bonds is 3. The Bertz CT molecular complexity index is 426. The molecule has 0 bridgehead atoms. The molecule has 0 aliphatic carbocycles. The number of hydrogen-bond donors (Lipinski definition) is 2. The summed E-state index contributed by atoms with van der Waals surface area (Å²) >= 11 is 0. The molecule has 1 aromatic carbocycles. The molecule has 4 nitrogen and oxygen atoms in total. The van der Waals surface area contributed by atoms with Gasteiger partial charge in [0.25, 0.3) is 0 Å². The Morgan fingerprint density at radius 1 is 1.15 bits per heavy atom. The van der Waals surface area contributed by atoms with Crippen LogP contribution in [-0.4, -0.2) is 22.3 Å². The average molecular weight is 279 g/mol. The van der Waals surface area contributed by atoms with E-state index in [1.165, 1.54) is 0 Å². The molecule has 1 heterocycles. The number of aliphatic hydroxyl groups excluding tert-OH is 1. The number of quaternary nitrogens is 1. The molecule has 2 rings (SSSR count). The fraction of sp³-hybridized carbons (Fsp3) is 0.625. The monoisotopic (exact) mass is 279 g/mol. The molecule has 1 atom stereocenters. The molecule has 1 aliphatic heterocycles. The number of ether oxygens (including phenoxy) is 1. The maximum absolute atomic E-state index is 12.4. The van der Waals surface area contributed by atoms with E-state index in [0.29, 0.717) is 12.8 Å². The summed E-state index contributed by atoms with van der Waals surface area (Å²) in [7, 11) is 0. The Labute approximate surface area is 120 Å². The van der Waals surface area contributed by atoms with Gasteiger partial charge in [-0.3, -0.25) is 0 Å². The van der Waals surface area contributed by atoms with Gasteiger partial charge in [-0.25, -0.2) is 0 Å². The van der Waals surface area contributed by atoms with Gasteiger partial charge in [0.15, 0.2) is 6.29 Å². The second kappa shape index (κ2) is 5.45. The SMILES string of the molecule is CC1(C)CC(OC(O)c2ccccc2)CC(C)(C)[NH+]1[O-]. The minimum Gasteiger partial charge on any atom is -0.634 e. The van der Waals surface area contributed by atoms with Crippen LogP contribution in [0, 0.1) is 5.21 Å². The van der Waals surface area contributed by atoms with Gasteiger partial charge >= 0.3 is 0 Å². The van der Waals surface area contributed by atoms with Gasteiger partial charge in [0.05, 0.1) is 17.2 Å². The first-order chi connectivity index (χ1) is 9.22. The number of hydrogen-bond acceptors (Lipinski definition) is 3. The Morgan fingerprint density at radius 2 is 1.65 bits per heavy atom. The third-order valence-corrected chi connectivity index (χ3v) is 4.11. The highest BCUT2D eigenvalue weighted by Gasteiger charge is 2.46. The summed E-state index contributed by atoms with van der Waals surface area (Å²) in [4.78, 5) is 0. The van der Waals surface area contributed by atoms with Crippen LogP contribution in [-0.2, 0) is 4.74 Å². The van der Waals surface area contributed by atoms with E-state index in [1.54, 1.807) is 0 Å². The van der Waals surface area contributed by atoms with Crippen molar-refractivity contribution in [3.05, 3.63) is 41.1 Å². The third-order valence-electron chi connectivity index (χ3n) is 4.11. The van der Waals surface area contributed by atoms with Crippen molar-refractivity contribution in [1.82, 2.24) is 0 Å². The van der Waals surface area contributed by atoms with Gasteiger partial charge in [0.2, 0.25) is 0 Å². The van der Waals surface area contributed by atoms with Crippen LogP contribution >= 0.6 is 0 Å². The van der Waals surface area contributed by atoms with Crippen LogP contribution < -0.4 is 5.06 Å². The predicted octanol–water partition coefficient (Wildman–Crippen LogP) is 1.80. The first kappa shape index (κ1) is 15.4. The van der Waals surface area contributed by atoms with Gasteiger partial charge in [-0.2, -0.15) is 0 Å². The van der Waals surface area contributed by atoms with Gasteiger partial charge in [-0.05, 0) is 27.7 Å². The molecule has 1 saturated heterocycles. The van der Waals surface area contributed by atoms with E-state index in [0.717, 1.165) is 5.56 Å². The van der Waals surface area contributed by atoms with Crippen molar-refractivity contribution in [1.29, 1.82) is 0 Å². The van der Waals surface area contributed by atoms with Crippen molar-refractivity contribution in [3.63, 3.8) is 0 Å². The molecule has 4 heteroatoms. The van der Waals surface area contributed by atoms with E-state index in [4.69, 9.17) is 4.74 Å². The van der Waals surface area contributed by atoms with Crippen LogP contribution in [0.1, 0.15) is 52.4 Å². The van der Waals surface area contributed by atoms with E-state index < -0.39 is 17.4 Å². The third kappa shape index (κ3) is 3.20. The van der Waals surface area contributed by atoms with Crippen molar-refractivity contribution >= 4 is 0 Å². The zero-order chi connectivity index (χ0) is 15.0. The van der Waals surface area contributed by atoms with Crippen molar-refractivity contribution in [2.75, 3.05) is 0 Å². The highest BCUT2D eigenvalue weighted by atomic mass is 16.6. The molecule has 0 spiro atoms. The molecule has 1 aromatic rings. The fourth-order valence-electron chi connectivity index (χ4n) is 3.29. The molecular weight excluding hydrogens is 254 g/mol. The Balaban J connectivity index is 2.07. The van der Waals surface area contributed by atoms with E-state index in [2.05, 4.69) is 0 Å². The molecule has 1 unspecified atom stereocenters.